The van der Waals surface area contributed by atoms with Gasteiger partial charge in [-0.05, 0) is 44.9 Å². The predicted octanol–water partition coefficient (Wildman–Crippen LogP) is 3.05. The van der Waals surface area contributed by atoms with Crippen molar-refractivity contribution in [1.82, 2.24) is 9.88 Å². The number of nitrogens with zero attached hydrogens (tertiary/aromatic N) is 1. The molecule has 0 aliphatic heterocycles. The summed E-state index contributed by atoms with van der Waals surface area (Å²) in [7, 11) is 1.60. The second kappa shape index (κ2) is 6.63. The Bertz CT molecular complexity index is 862. The van der Waals surface area contributed by atoms with Crippen LogP contribution in [0.5, 0.6) is 5.75 Å². The molecule has 1 aliphatic carbocycles. The van der Waals surface area contributed by atoms with Gasteiger partial charge in [0.05, 0.1) is 12.7 Å². The number of carbonyl (C=O) groups is 2. The molecule has 0 bridgehead atoms. The zero-order valence-electron chi connectivity index (χ0n) is 14.6. The summed E-state index contributed by atoms with van der Waals surface area (Å²) < 4.78 is 7.53. The van der Waals surface area contributed by atoms with E-state index in [2.05, 4.69) is 9.88 Å². The lowest BCUT2D eigenvalue weighted by molar-refractivity contribution is -0.131. The fourth-order valence-corrected chi connectivity index (χ4v) is 3.19. The minimum absolute atomic E-state index is 0.210. The summed E-state index contributed by atoms with van der Waals surface area (Å²) >= 11 is 0. The number of benzene rings is 1. The summed E-state index contributed by atoms with van der Waals surface area (Å²) in [5.74, 6) is -0.543. The lowest BCUT2D eigenvalue weighted by Gasteiger charge is -2.10. The molecule has 0 radical (unpaired) electrons. The van der Waals surface area contributed by atoms with Crippen LogP contribution in [-0.4, -0.2) is 34.7 Å². The van der Waals surface area contributed by atoms with Crippen molar-refractivity contribution in [2.75, 3.05) is 7.11 Å². The summed E-state index contributed by atoms with van der Waals surface area (Å²) in [4.78, 5) is 23.5. The van der Waals surface area contributed by atoms with Gasteiger partial charge in [-0.3, -0.25) is 4.79 Å². The molecule has 1 aromatic carbocycles. The molecule has 132 valence electrons. The van der Waals surface area contributed by atoms with E-state index in [0.717, 1.165) is 35.5 Å². The van der Waals surface area contributed by atoms with Crippen LogP contribution in [0.4, 0.5) is 0 Å². The Morgan fingerprint density at radius 3 is 2.72 bits per heavy atom. The lowest BCUT2D eigenvalue weighted by atomic mass is 10.1. The van der Waals surface area contributed by atoms with E-state index in [1.807, 2.05) is 25.1 Å². The van der Waals surface area contributed by atoms with Crippen molar-refractivity contribution in [1.29, 1.82) is 0 Å². The van der Waals surface area contributed by atoms with Gasteiger partial charge in [0.2, 0.25) is 0 Å². The molecule has 25 heavy (non-hydrogen) atoms. The highest BCUT2D eigenvalue weighted by Crippen LogP contribution is 2.41. The van der Waals surface area contributed by atoms with Gasteiger partial charge in [-0.25, -0.2) is 4.79 Å². The van der Waals surface area contributed by atoms with Crippen LogP contribution in [-0.2, 0) is 4.79 Å². The van der Waals surface area contributed by atoms with Crippen molar-refractivity contribution in [3.8, 4) is 5.75 Å². The number of aromatic nitrogens is 1. The average molecular weight is 342 g/mol. The van der Waals surface area contributed by atoms with Crippen molar-refractivity contribution in [3.63, 3.8) is 0 Å². The van der Waals surface area contributed by atoms with Gasteiger partial charge in [-0.2, -0.15) is 0 Å². The third-order valence-electron chi connectivity index (χ3n) is 4.48. The maximum atomic E-state index is 12.8. The highest BCUT2D eigenvalue weighted by molar-refractivity contribution is 6.09. The fourth-order valence-electron chi connectivity index (χ4n) is 3.19. The molecule has 0 saturated heterocycles. The zero-order chi connectivity index (χ0) is 18.1. The molecule has 6 heteroatoms. The Morgan fingerprint density at radius 1 is 1.40 bits per heavy atom. The molecule has 1 aromatic heterocycles. The smallest absolute Gasteiger partial charge is 0.328 e. The maximum Gasteiger partial charge on any atom is 0.328 e. The van der Waals surface area contributed by atoms with E-state index < -0.39 is 5.97 Å². The second-order valence-corrected chi connectivity index (χ2v) is 6.40. The number of methoxy groups -OCH3 is 1. The first-order valence-electron chi connectivity index (χ1n) is 8.33. The van der Waals surface area contributed by atoms with Crippen LogP contribution >= 0.6 is 0 Å². The summed E-state index contributed by atoms with van der Waals surface area (Å²) in [6.07, 6.45) is 4.73. The second-order valence-electron chi connectivity index (χ2n) is 6.40. The molecule has 1 unspecified atom stereocenters. The van der Waals surface area contributed by atoms with Crippen LogP contribution in [0.3, 0.4) is 0 Å². The fraction of sp³-hybridized carbons (Fsp3) is 0.368. The lowest BCUT2D eigenvalue weighted by Crippen LogP contribution is -2.31. The number of amides is 1. The highest BCUT2D eigenvalue weighted by Gasteiger charge is 2.30. The van der Waals surface area contributed by atoms with Crippen LogP contribution < -0.4 is 10.1 Å². The first kappa shape index (κ1) is 17.1. The number of fused-ring (bicyclic) bond motifs is 1. The minimum Gasteiger partial charge on any atom is -0.497 e. The van der Waals surface area contributed by atoms with Gasteiger partial charge >= 0.3 is 5.97 Å². The summed E-state index contributed by atoms with van der Waals surface area (Å²) in [5.41, 5.74) is 2.58. The first-order valence-corrected chi connectivity index (χ1v) is 8.33. The third-order valence-corrected chi connectivity index (χ3v) is 4.48. The van der Waals surface area contributed by atoms with E-state index in [-0.39, 0.29) is 11.9 Å². The molecule has 1 heterocycles. The van der Waals surface area contributed by atoms with E-state index in [1.54, 1.807) is 14.0 Å². The van der Waals surface area contributed by atoms with Gasteiger partial charge in [0, 0.05) is 34.8 Å². The number of rotatable bonds is 6. The topological polar surface area (TPSA) is 80.6 Å². The van der Waals surface area contributed by atoms with Gasteiger partial charge in [0.1, 0.15) is 5.75 Å². The normalized spacial score (nSPS) is 15.5. The van der Waals surface area contributed by atoms with Crippen molar-refractivity contribution in [3.05, 3.63) is 41.6 Å². The highest BCUT2D eigenvalue weighted by atomic mass is 16.5. The van der Waals surface area contributed by atoms with Gasteiger partial charge in [0.15, 0.2) is 0 Å². The molecular formula is C19H22N2O4. The van der Waals surface area contributed by atoms with Gasteiger partial charge in [0.25, 0.3) is 5.91 Å². The molecule has 2 N–H and O–H groups in total. The van der Waals surface area contributed by atoms with E-state index >= 15 is 0 Å². The van der Waals surface area contributed by atoms with E-state index in [4.69, 9.17) is 9.84 Å². The molecule has 1 fully saturated rings. The number of carbonyl (C=O) groups excluding carboxylic acids is 1. The van der Waals surface area contributed by atoms with Crippen molar-refractivity contribution in [2.24, 2.45) is 0 Å². The van der Waals surface area contributed by atoms with E-state index in [1.165, 1.54) is 6.08 Å². The van der Waals surface area contributed by atoms with E-state index in [9.17, 15) is 9.59 Å². The zero-order valence-corrected chi connectivity index (χ0v) is 14.6. The Kier molecular flexibility index (Phi) is 4.53. The van der Waals surface area contributed by atoms with Gasteiger partial charge < -0.3 is 19.7 Å². The Labute approximate surface area is 146 Å². The molecule has 6 nitrogen and oxygen atoms in total. The first-order chi connectivity index (χ1) is 11.9. The molecule has 0 spiro atoms. The van der Waals surface area contributed by atoms with Crippen LogP contribution in [0.2, 0.25) is 0 Å². The molecule has 2 aromatic rings. The van der Waals surface area contributed by atoms with Gasteiger partial charge in [-0.1, -0.05) is 6.08 Å². The molecule has 1 saturated carbocycles. The number of aliphatic carboxylic acids is 1. The average Bonchev–Trinajstić information content (AvgIpc) is 3.35. The summed E-state index contributed by atoms with van der Waals surface area (Å²) in [5, 5.41) is 12.4. The van der Waals surface area contributed by atoms with Gasteiger partial charge in [-0.15, -0.1) is 0 Å². The quantitative estimate of drug-likeness (QED) is 0.791. The Hall–Kier alpha value is -2.76. The van der Waals surface area contributed by atoms with E-state index in [0.29, 0.717) is 17.4 Å². The van der Waals surface area contributed by atoms with Crippen molar-refractivity contribution < 1.29 is 19.4 Å². The van der Waals surface area contributed by atoms with Crippen molar-refractivity contribution >= 4 is 22.8 Å². The number of hydrogen-bond donors (Lipinski definition) is 2. The number of carboxylic acids is 1. The largest absolute Gasteiger partial charge is 0.497 e. The predicted molar refractivity (Wildman–Crippen MR) is 95.2 cm³/mol. The number of ether oxygens (including phenoxy) is 1. The number of carboxylic acid groups (broad SMARTS) is 1. The Balaban J connectivity index is 2.00. The molecule has 1 atom stereocenters. The van der Waals surface area contributed by atoms with Crippen LogP contribution in [0, 0.1) is 6.92 Å². The standard InChI is InChI=1S/C19H22N2O4/c1-11(4-9-17(22)23)20-19(24)18-12(2)21(13-5-6-13)16-8-7-14(25-3)10-15(16)18/h4,7-11,13H,5-6H2,1-3H3,(H,20,24)(H,22,23)/b9-4+. The number of hydrogen-bond acceptors (Lipinski definition) is 3. The van der Waals surface area contributed by atoms with Crippen LogP contribution in [0.25, 0.3) is 10.9 Å². The molecular weight excluding hydrogens is 320 g/mol. The number of nitrogens with one attached hydrogen (secondary N) is 1. The Morgan fingerprint density at radius 2 is 2.12 bits per heavy atom. The minimum atomic E-state index is -1.03. The van der Waals surface area contributed by atoms with Crippen molar-refractivity contribution in [2.45, 2.75) is 38.8 Å². The van der Waals surface area contributed by atoms with Crippen LogP contribution in [0.15, 0.2) is 30.4 Å². The monoisotopic (exact) mass is 342 g/mol. The maximum absolute atomic E-state index is 12.8. The SMILES string of the molecule is COc1ccc2c(c1)c(C(=O)NC(C)/C=C/C(=O)O)c(C)n2C1CC1. The summed E-state index contributed by atoms with van der Waals surface area (Å²) in [6, 6.07) is 5.84. The molecule has 1 aliphatic rings. The summed E-state index contributed by atoms with van der Waals surface area (Å²) in [6.45, 7) is 3.70. The van der Waals surface area contributed by atoms with Crippen LogP contribution in [0.1, 0.15) is 41.9 Å². The molecule has 3 rings (SSSR count). The third kappa shape index (κ3) is 3.38. The molecule has 1 amide bonds.